The number of ether oxygens (including phenoxy) is 1. The maximum Gasteiger partial charge on any atom is 0.132 e. The second-order valence-corrected chi connectivity index (χ2v) is 5.25. The molecule has 1 aromatic carbocycles. The summed E-state index contributed by atoms with van der Waals surface area (Å²) in [6.45, 7) is 2.83. The van der Waals surface area contributed by atoms with Crippen LogP contribution in [0.4, 0.5) is 0 Å². The third-order valence-electron chi connectivity index (χ3n) is 3.82. The molecule has 1 aliphatic rings. The molecule has 3 heteroatoms. The molecular formula is C17H20O3. The molecule has 2 aromatic rings. The van der Waals surface area contributed by atoms with Crippen molar-refractivity contribution in [1.82, 2.24) is 0 Å². The lowest BCUT2D eigenvalue weighted by molar-refractivity contribution is 0.139. The summed E-state index contributed by atoms with van der Waals surface area (Å²) in [6.07, 6.45) is 2.84. The molecule has 1 atom stereocenters. The molecule has 3 rings (SSSR count). The van der Waals surface area contributed by atoms with E-state index >= 15 is 0 Å². The van der Waals surface area contributed by atoms with Crippen LogP contribution in [0.2, 0.25) is 0 Å². The molecule has 0 radical (unpaired) electrons. The van der Waals surface area contributed by atoms with E-state index in [9.17, 15) is 5.11 Å². The molecule has 0 amide bonds. The normalized spacial score (nSPS) is 14.9. The van der Waals surface area contributed by atoms with Gasteiger partial charge in [-0.05, 0) is 42.2 Å². The fraction of sp³-hybridized carbons (Fsp3) is 0.412. The second-order valence-electron chi connectivity index (χ2n) is 5.25. The van der Waals surface area contributed by atoms with E-state index in [0.29, 0.717) is 12.2 Å². The highest BCUT2D eigenvalue weighted by Gasteiger charge is 2.15. The zero-order valence-corrected chi connectivity index (χ0v) is 11.8. The molecule has 20 heavy (non-hydrogen) atoms. The second kappa shape index (κ2) is 5.71. The smallest absolute Gasteiger partial charge is 0.132 e. The molecule has 1 aliphatic heterocycles. The van der Waals surface area contributed by atoms with Crippen LogP contribution in [-0.4, -0.2) is 11.7 Å². The van der Waals surface area contributed by atoms with Gasteiger partial charge in [0.1, 0.15) is 23.4 Å². The summed E-state index contributed by atoms with van der Waals surface area (Å²) in [5.74, 6) is 2.60. The third kappa shape index (κ3) is 2.73. The van der Waals surface area contributed by atoms with Gasteiger partial charge in [0.2, 0.25) is 0 Å². The summed E-state index contributed by atoms with van der Waals surface area (Å²) in [4.78, 5) is 0. The predicted octanol–water partition coefficient (Wildman–Crippen LogP) is 3.44. The van der Waals surface area contributed by atoms with Crippen molar-refractivity contribution >= 4 is 0 Å². The van der Waals surface area contributed by atoms with E-state index in [0.717, 1.165) is 37.4 Å². The van der Waals surface area contributed by atoms with Gasteiger partial charge in [0.05, 0.1) is 6.61 Å². The molecule has 0 aliphatic carbocycles. The van der Waals surface area contributed by atoms with Gasteiger partial charge in [-0.15, -0.1) is 0 Å². The zero-order valence-electron chi connectivity index (χ0n) is 11.8. The summed E-state index contributed by atoms with van der Waals surface area (Å²) in [5, 5.41) is 10.2. The van der Waals surface area contributed by atoms with Crippen LogP contribution in [0.15, 0.2) is 34.7 Å². The first-order chi connectivity index (χ1) is 9.76. The van der Waals surface area contributed by atoms with E-state index in [4.69, 9.17) is 9.15 Å². The van der Waals surface area contributed by atoms with Crippen molar-refractivity contribution in [2.75, 3.05) is 6.61 Å². The van der Waals surface area contributed by atoms with Crippen molar-refractivity contribution < 1.29 is 14.3 Å². The maximum atomic E-state index is 10.2. The lowest BCUT2D eigenvalue weighted by atomic mass is 10.0. The van der Waals surface area contributed by atoms with Gasteiger partial charge in [-0.2, -0.15) is 0 Å². The van der Waals surface area contributed by atoms with Crippen molar-refractivity contribution in [2.45, 2.75) is 38.7 Å². The van der Waals surface area contributed by atoms with Gasteiger partial charge in [-0.25, -0.2) is 0 Å². The first-order valence-electron chi connectivity index (χ1n) is 7.27. The fourth-order valence-electron chi connectivity index (χ4n) is 2.60. The van der Waals surface area contributed by atoms with E-state index in [1.165, 1.54) is 11.1 Å². The summed E-state index contributed by atoms with van der Waals surface area (Å²) >= 11 is 0. The first kappa shape index (κ1) is 13.3. The number of hydrogen-bond acceptors (Lipinski definition) is 3. The Balaban J connectivity index is 1.61. The number of aliphatic hydroxyl groups is 1. The number of rotatable bonds is 5. The predicted molar refractivity (Wildman–Crippen MR) is 77.0 cm³/mol. The van der Waals surface area contributed by atoms with Crippen LogP contribution in [0.5, 0.6) is 5.75 Å². The molecule has 0 bridgehead atoms. The molecule has 0 spiro atoms. The topological polar surface area (TPSA) is 42.6 Å². The summed E-state index contributed by atoms with van der Waals surface area (Å²) in [5.41, 5.74) is 2.53. The summed E-state index contributed by atoms with van der Waals surface area (Å²) in [6, 6.07) is 10.1. The molecule has 0 saturated carbocycles. The minimum Gasteiger partial charge on any atom is -0.493 e. The first-order valence-corrected chi connectivity index (χ1v) is 7.27. The van der Waals surface area contributed by atoms with Crippen LogP contribution in [-0.2, 0) is 19.3 Å². The minimum absolute atomic E-state index is 0.528. The van der Waals surface area contributed by atoms with Crippen LogP contribution < -0.4 is 4.74 Å². The van der Waals surface area contributed by atoms with Crippen molar-refractivity contribution in [3.8, 4) is 5.75 Å². The van der Waals surface area contributed by atoms with Gasteiger partial charge >= 0.3 is 0 Å². The quantitative estimate of drug-likeness (QED) is 0.906. The molecule has 106 valence electrons. The molecule has 1 aromatic heterocycles. The highest BCUT2D eigenvalue weighted by atomic mass is 16.5. The van der Waals surface area contributed by atoms with Gasteiger partial charge in [-0.1, -0.05) is 19.1 Å². The molecule has 2 heterocycles. The maximum absolute atomic E-state index is 10.2. The summed E-state index contributed by atoms with van der Waals surface area (Å²) in [7, 11) is 0. The van der Waals surface area contributed by atoms with Crippen LogP contribution in [0.3, 0.4) is 0 Å². The number of hydrogen-bond donors (Lipinski definition) is 1. The Kier molecular flexibility index (Phi) is 3.79. The molecule has 0 saturated heterocycles. The molecule has 1 unspecified atom stereocenters. The standard InChI is InChI=1S/C17H20O3/c1-2-14-5-8-17(20-14)15(18)6-3-12-4-7-16-13(11-12)9-10-19-16/h4-5,7-8,11,15,18H,2-3,6,9-10H2,1H3. The zero-order chi connectivity index (χ0) is 13.9. The van der Waals surface area contributed by atoms with E-state index < -0.39 is 6.10 Å². The van der Waals surface area contributed by atoms with E-state index in [2.05, 4.69) is 12.1 Å². The van der Waals surface area contributed by atoms with Gasteiger partial charge in [0, 0.05) is 12.8 Å². The van der Waals surface area contributed by atoms with Crippen LogP contribution in [0, 0.1) is 0 Å². The van der Waals surface area contributed by atoms with Crippen LogP contribution >= 0.6 is 0 Å². The van der Waals surface area contributed by atoms with Crippen molar-refractivity contribution in [3.05, 3.63) is 53.0 Å². The van der Waals surface area contributed by atoms with E-state index in [-0.39, 0.29) is 0 Å². The Morgan fingerprint density at radius 3 is 2.95 bits per heavy atom. The van der Waals surface area contributed by atoms with Gasteiger partial charge in [0.15, 0.2) is 0 Å². The number of furan rings is 1. The fourth-order valence-corrected chi connectivity index (χ4v) is 2.60. The van der Waals surface area contributed by atoms with Crippen molar-refractivity contribution in [3.63, 3.8) is 0 Å². The molecular weight excluding hydrogens is 252 g/mol. The average molecular weight is 272 g/mol. The third-order valence-corrected chi connectivity index (χ3v) is 3.82. The SMILES string of the molecule is CCc1ccc(C(O)CCc2ccc3c(c2)CCO3)o1. The molecule has 0 fully saturated rings. The number of fused-ring (bicyclic) bond motifs is 1. The lowest BCUT2D eigenvalue weighted by Crippen LogP contribution is -1.98. The Morgan fingerprint density at radius 2 is 2.15 bits per heavy atom. The molecule has 3 nitrogen and oxygen atoms in total. The van der Waals surface area contributed by atoms with Crippen LogP contribution in [0.1, 0.15) is 42.1 Å². The highest BCUT2D eigenvalue weighted by molar-refractivity contribution is 5.39. The van der Waals surface area contributed by atoms with Gasteiger partial charge in [0.25, 0.3) is 0 Å². The highest BCUT2D eigenvalue weighted by Crippen LogP contribution is 2.27. The van der Waals surface area contributed by atoms with Crippen LogP contribution in [0.25, 0.3) is 0 Å². The molecule has 1 N–H and O–H groups in total. The lowest BCUT2D eigenvalue weighted by Gasteiger charge is -2.08. The largest absolute Gasteiger partial charge is 0.493 e. The van der Waals surface area contributed by atoms with Crippen molar-refractivity contribution in [1.29, 1.82) is 0 Å². The summed E-state index contributed by atoms with van der Waals surface area (Å²) < 4.78 is 11.1. The Bertz CT molecular complexity index is 586. The number of aliphatic hydroxyl groups excluding tert-OH is 1. The number of benzene rings is 1. The van der Waals surface area contributed by atoms with Gasteiger partial charge in [-0.3, -0.25) is 0 Å². The van der Waals surface area contributed by atoms with Crippen molar-refractivity contribution in [2.24, 2.45) is 0 Å². The monoisotopic (exact) mass is 272 g/mol. The average Bonchev–Trinajstić information content (AvgIpc) is 3.12. The number of aryl methyl sites for hydroxylation is 2. The van der Waals surface area contributed by atoms with E-state index in [1.54, 1.807) is 0 Å². The Labute approximate surface area is 119 Å². The van der Waals surface area contributed by atoms with E-state index in [1.807, 2.05) is 25.1 Å². The Hall–Kier alpha value is -1.74. The Morgan fingerprint density at radius 1 is 1.25 bits per heavy atom. The minimum atomic E-state index is -0.528. The van der Waals surface area contributed by atoms with Gasteiger partial charge < -0.3 is 14.3 Å².